The molecular weight excluding hydrogens is 240 g/mol. The molecule has 0 spiro atoms. The highest BCUT2D eigenvalue weighted by Crippen LogP contribution is 2.27. The molecule has 2 aromatic rings. The molecule has 0 saturated heterocycles. The molecule has 2 heterocycles. The molecule has 17 heavy (non-hydrogen) atoms. The number of pyridine rings is 2. The summed E-state index contributed by atoms with van der Waals surface area (Å²) in [4.78, 5) is 28.6. The van der Waals surface area contributed by atoms with Gasteiger partial charge in [0.15, 0.2) is 6.29 Å². The van der Waals surface area contributed by atoms with Crippen LogP contribution in [0.2, 0.25) is 5.15 Å². The molecule has 0 radical (unpaired) electrons. The third-order valence-corrected chi connectivity index (χ3v) is 2.78. The predicted molar refractivity (Wildman–Crippen MR) is 65.4 cm³/mol. The minimum atomic E-state index is -0.181. The molecule has 0 fully saturated rings. The second-order valence-electron chi connectivity index (χ2n) is 3.57. The average Bonchev–Trinajstić information content (AvgIpc) is 2.29. The van der Waals surface area contributed by atoms with Crippen LogP contribution in [0.4, 0.5) is 0 Å². The molecule has 4 nitrogen and oxygen atoms in total. The highest BCUT2D eigenvalue weighted by Gasteiger charge is 2.11. The van der Waals surface area contributed by atoms with Crippen molar-refractivity contribution in [3.05, 3.63) is 51.2 Å². The molecule has 0 atom stereocenters. The van der Waals surface area contributed by atoms with Gasteiger partial charge in [-0.2, -0.15) is 0 Å². The van der Waals surface area contributed by atoms with Gasteiger partial charge in [0, 0.05) is 24.0 Å². The summed E-state index contributed by atoms with van der Waals surface area (Å²) in [5.41, 5.74) is 2.34. The Balaban J connectivity index is 2.72. The van der Waals surface area contributed by atoms with Crippen molar-refractivity contribution in [1.29, 1.82) is 0 Å². The van der Waals surface area contributed by atoms with E-state index in [9.17, 15) is 9.59 Å². The fourth-order valence-electron chi connectivity index (χ4n) is 1.66. The Morgan fingerprint density at radius 1 is 1.41 bits per heavy atom. The van der Waals surface area contributed by atoms with Gasteiger partial charge in [-0.15, -0.1) is 0 Å². The zero-order valence-corrected chi connectivity index (χ0v) is 9.78. The fourth-order valence-corrected chi connectivity index (χ4v) is 1.86. The number of aromatic nitrogens is 2. The van der Waals surface area contributed by atoms with Crippen LogP contribution in [-0.4, -0.2) is 16.3 Å². The van der Waals surface area contributed by atoms with Crippen LogP contribution in [0.25, 0.3) is 11.1 Å². The third kappa shape index (κ3) is 2.12. The standard InChI is InChI=1S/C12H9ClN2O2/c1-7-4-11(17)15-5-9(7)8-2-3-14-12(13)10(8)6-16/h2-6H,1H3,(H,15,17). The van der Waals surface area contributed by atoms with E-state index in [0.717, 1.165) is 11.1 Å². The number of hydrogen-bond acceptors (Lipinski definition) is 3. The van der Waals surface area contributed by atoms with E-state index < -0.39 is 0 Å². The Morgan fingerprint density at radius 3 is 2.82 bits per heavy atom. The summed E-state index contributed by atoms with van der Waals surface area (Å²) in [5, 5.41) is 0.156. The topological polar surface area (TPSA) is 62.8 Å². The summed E-state index contributed by atoms with van der Waals surface area (Å²) >= 11 is 5.85. The molecule has 5 heteroatoms. The van der Waals surface area contributed by atoms with Crippen LogP contribution in [-0.2, 0) is 0 Å². The summed E-state index contributed by atoms with van der Waals surface area (Å²) in [6.45, 7) is 1.80. The monoisotopic (exact) mass is 248 g/mol. The number of aryl methyl sites for hydroxylation is 1. The van der Waals surface area contributed by atoms with Crippen LogP contribution in [0.15, 0.2) is 29.3 Å². The lowest BCUT2D eigenvalue weighted by Crippen LogP contribution is -2.05. The van der Waals surface area contributed by atoms with Gasteiger partial charge in [0.2, 0.25) is 5.56 Å². The molecule has 0 bridgehead atoms. The number of aldehydes is 1. The number of nitrogens with zero attached hydrogens (tertiary/aromatic N) is 1. The van der Waals surface area contributed by atoms with E-state index in [1.54, 1.807) is 19.2 Å². The second kappa shape index (κ2) is 4.51. The first-order valence-corrected chi connectivity index (χ1v) is 5.30. The zero-order chi connectivity index (χ0) is 12.4. The van der Waals surface area contributed by atoms with Crippen molar-refractivity contribution in [3.63, 3.8) is 0 Å². The Bertz CT molecular complexity index is 635. The molecule has 0 unspecified atom stereocenters. The fraction of sp³-hybridized carbons (Fsp3) is 0.0833. The van der Waals surface area contributed by atoms with E-state index in [1.807, 2.05) is 0 Å². The van der Waals surface area contributed by atoms with Crippen LogP contribution in [0.3, 0.4) is 0 Å². The lowest BCUT2D eigenvalue weighted by atomic mass is 10.0. The molecule has 0 aromatic carbocycles. The minimum absolute atomic E-state index is 0.156. The van der Waals surface area contributed by atoms with Crippen LogP contribution in [0.5, 0.6) is 0 Å². The number of halogens is 1. The van der Waals surface area contributed by atoms with Gasteiger partial charge in [-0.3, -0.25) is 9.59 Å². The highest BCUT2D eigenvalue weighted by molar-refractivity contribution is 6.32. The molecule has 0 saturated carbocycles. The Labute approximate surface area is 102 Å². The largest absolute Gasteiger partial charge is 0.328 e. The molecule has 2 aromatic heterocycles. The van der Waals surface area contributed by atoms with Gasteiger partial charge >= 0.3 is 0 Å². The summed E-state index contributed by atoms with van der Waals surface area (Å²) in [5.74, 6) is 0. The lowest BCUT2D eigenvalue weighted by Gasteiger charge is -2.08. The van der Waals surface area contributed by atoms with Gasteiger partial charge in [0.1, 0.15) is 5.15 Å². The van der Waals surface area contributed by atoms with Gasteiger partial charge < -0.3 is 4.98 Å². The number of hydrogen-bond donors (Lipinski definition) is 1. The van der Waals surface area contributed by atoms with E-state index in [4.69, 9.17) is 11.6 Å². The van der Waals surface area contributed by atoms with Crippen molar-refractivity contribution in [2.45, 2.75) is 6.92 Å². The number of carbonyl (C=O) groups excluding carboxylic acids is 1. The van der Waals surface area contributed by atoms with Crippen molar-refractivity contribution in [3.8, 4) is 11.1 Å². The van der Waals surface area contributed by atoms with Gasteiger partial charge in [0.05, 0.1) is 5.56 Å². The van der Waals surface area contributed by atoms with Gasteiger partial charge in [0.25, 0.3) is 0 Å². The predicted octanol–water partition coefficient (Wildman–Crippen LogP) is 2.21. The number of carbonyl (C=O) groups is 1. The molecule has 0 aliphatic rings. The maximum Gasteiger partial charge on any atom is 0.248 e. The van der Waals surface area contributed by atoms with Crippen molar-refractivity contribution >= 4 is 17.9 Å². The van der Waals surface area contributed by atoms with E-state index >= 15 is 0 Å². The minimum Gasteiger partial charge on any atom is -0.328 e. The van der Waals surface area contributed by atoms with Crippen molar-refractivity contribution < 1.29 is 4.79 Å². The number of rotatable bonds is 2. The normalized spacial score (nSPS) is 10.2. The van der Waals surface area contributed by atoms with Crippen LogP contribution in [0, 0.1) is 6.92 Å². The van der Waals surface area contributed by atoms with E-state index in [1.165, 1.54) is 12.3 Å². The van der Waals surface area contributed by atoms with Crippen LogP contribution in [0.1, 0.15) is 15.9 Å². The van der Waals surface area contributed by atoms with Crippen molar-refractivity contribution in [2.75, 3.05) is 0 Å². The summed E-state index contributed by atoms with van der Waals surface area (Å²) in [7, 11) is 0. The Morgan fingerprint density at radius 2 is 2.18 bits per heavy atom. The smallest absolute Gasteiger partial charge is 0.248 e. The first-order valence-electron chi connectivity index (χ1n) is 4.93. The summed E-state index contributed by atoms with van der Waals surface area (Å²) in [6.07, 6.45) is 3.75. The molecular formula is C12H9ClN2O2. The summed E-state index contributed by atoms with van der Waals surface area (Å²) < 4.78 is 0. The molecule has 86 valence electrons. The van der Waals surface area contributed by atoms with E-state index in [2.05, 4.69) is 9.97 Å². The van der Waals surface area contributed by atoms with Gasteiger partial charge in [-0.05, 0) is 24.1 Å². The molecule has 0 amide bonds. The van der Waals surface area contributed by atoms with Gasteiger partial charge in [-0.25, -0.2) is 4.98 Å². The zero-order valence-electron chi connectivity index (χ0n) is 9.03. The van der Waals surface area contributed by atoms with E-state index in [0.29, 0.717) is 17.4 Å². The SMILES string of the molecule is Cc1cc(=O)[nH]cc1-c1ccnc(Cl)c1C=O. The average molecular weight is 249 g/mol. The molecule has 1 N–H and O–H groups in total. The maximum atomic E-state index is 11.1. The molecule has 0 aliphatic heterocycles. The highest BCUT2D eigenvalue weighted by atomic mass is 35.5. The second-order valence-corrected chi connectivity index (χ2v) is 3.93. The Hall–Kier alpha value is -1.94. The number of H-pyrrole nitrogens is 1. The maximum absolute atomic E-state index is 11.1. The molecule has 2 rings (SSSR count). The number of nitrogens with one attached hydrogen (secondary N) is 1. The summed E-state index contributed by atoms with van der Waals surface area (Å²) in [6, 6.07) is 3.16. The van der Waals surface area contributed by atoms with Gasteiger partial charge in [-0.1, -0.05) is 11.6 Å². The first-order chi connectivity index (χ1) is 8.13. The van der Waals surface area contributed by atoms with Crippen LogP contribution < -0.4 is 5.56 Å². The van der Waals surface area contributed by atoms with Crippen molar-refractivity contribution in [2.24, 2.45) is 0 Å². The lowest BCUT2D eigenvalue weighted by molar-refractivity contribution is 0.112. The Kier molecular flexibility index (Phi) is 3.06. The van der Waals surface area contributed by atoms with E-state index in [-0.39, 0.29) is 10.7 Å². The third-order valence-electron chi connectivity index (χ3n) is 2.48. The first kappa shape index (κ1) is 11.5. The molecule has 0 aliphatic carbocycles. The van der Waals surface area contributed by atoms with Crippen molar-refractivity contribution in [1.82, 2.24) is 9.97 Å². The van der Waals surface area contributed by atoms with Crippen LogP contribution >= 0.6 is 11.6 Å². The quantitative estimate of drug-likeness (QED) is 0.655. The number of aromatic amines is 1.